The van der Waals surface area contributed by atoms with Gasteiger partial charge in [0.25, 0.3) is 5.82 Å². The maximum absolute atomic E-state index is 13.4. The molecule has 0 radical (unpaired) electrons. The molecule has 3 rings (SSSR count). The van der Waals surface area contributed by atoms with Crippen LogP contribution in [0.4, 0.5) is 0 Å². The molecule has 0 fully saturated rings. The Kier molecular flexibility index (Phi) is 8.01. The summed E-state index contributed by atoms with van der Waals surface area (Å²) >= 11 is 0. The molecule has 162 valence electrons. The maximum Gasteiger partial charge on any atom is 0.254 e. The number of hydrogen-bond donors (Lipinski definition) is 0. The number of carbonyl (C=O) groups excluding carboxylic acids is 2. The number of carbonyl (C=O) groups is 2. The molecule has 0 bridgehead atoms. The molecule has 0 unspecified atom stereocenters. The van der Waals surface area contributed by atoms with Crippen LogP contribution in [-0.2, 0) is 13.1 Å². The van der Waals surface area contributed by atoms with Crippen molar-refractivity contribution >= 4 is 11.6 Å². The van der Waals surface area contributed by atoms with Crippen molar-refractivity contribution in [3.05, 3.63) is 52.6 Å². The van der Waals surface area contributed by atoms with Crippen molar-refractivity contribution in [1.29, 1.82) is 0 Å². The monoisotopic (exact) mass is 409 g/mol. The van der Waals surface area contributed by atoms with Gasteiger partial charge in [-0.1, -0.05) is 83.1 Å². The van der Waals surface area contributed by atoms with Crippen LogP contribution in [-0.4, -0.2) is 16.1 Å². The molecule has 0 saturated heterocycles. The van der Waals surface area contributed by atoms with E-state index in [1.165, 1.54) is 44.9 Å². The first kappa shape index (κ1) is 22.5. The molecule has 1 aromatic heterocycles. The highest BCUT2D eigenvalue weighted by atomic mass is 16.1. The second-order valence-electron chi connectivity index (χ2n) is 8.58. The van der Waals surface area contributed by atoms with Crippen LogP contribution in [0, 0.1) is 6.92 Å². The van der Waals surface area contributed by atoms with Crippen LogP contribution >= 0.6 is 0 Å². The first-order chi connectivity index (χ1) is 14.6. The number of aromatic nitrogens is 2. The molecule has 0 amide bonds. The molecular formula is C26H37N2O2+. The average molecular weight is 410 g/mol. The Labute approximate surface area is 181 Å². The van der Waals surface area contributed by atoms with Crippen LogP contribution in [0.5, 0.6) is 0 Å². The van der Waals surface area contributed by atoms with E-state index in [-0.39, 0.29) is 11.6 Å². The molecular weight excluding hydrogens is 372 g/mol. The quantitative estimate of drug-likeness (QED) is 0.280. The zero-order valence-corrected chi connectivity index (χ0v) is 19.0. The first-order valence-electron chi connectivity index (χ1n) is 11.9. The summed E-state index contributed by atoms with van der Waals surface area (Å²) in [6.07, 6.45) is 12.1. The van der Waals surface area contributed by atoms with Gasteiger partial charge in [0.15, 0.2) is 0 Å². The Morgan fingerprint density at radius 3 is 1.97 bits per heavy atom. The van der Waals surface area contributed by atoms with Gasteiger partial charge in [-0.3, -0.25) is 9.59 Å². The zero-order chi connectivity index (χ0) is 21.5. The highest BCUT2D eigenvalue weighted by Crippen LogP contribution is 2.27. The van der Waals surface area contributed by atoms with E-state index in [2.05, 4.69) is 29.9 Å². The number of fused-ring (bicyclic) bond motifs is 2. The van der Waals surface area contributed by atoms with E-state index < -0.39 is 0 Å². The lowest BCUT2D eigenvalue weighted by Gasteiger charge is -2.13. The Bertz CT molecular complexity index is 895. The van der Waals surface area contributed by atoms with E-state index in [0.717, 1.165) is 38.2 Å². The standard InChI is InChI=1S/C26H37N2O2/c1-4-6-8-9-10-11-12-15-19-28-20(3)27(18-7-5-2)23-24(28)26(30)22-17-14-13-16-21(22)25(23)29/h13-14,16-17H,4-12,15,18-19H2,1-3H3/q+1. The van der Waals surface area contributed by atoms with Crippen LogP contribution in [0.3, 0.4) is 0 Å². The van der Waals surface area contributed by atoms with Gasteiger partial charge in [0.2, 0.25) is 23.0 Å². The summed E-state index contributed by atoms with van der Waals surface area (Å²) in [6, 6.07) is 7.26. The van der Waals surface area contributed by atoms with Gasteiger partial charge in [0, 0.05) is 18.1 Å². The fourth-order valence-electron chi connectivity index (χ4n) is 4.59. The van der Waals surface area contributed by atoms with Crippen LogP contribution in [0.1, 0.15) is 116 Å². The number of unbranched alkanes of at least 4 members (excludes halogenated alkanes) is 8. The molecule has 0 spiro atoms. The highest BCUT2D eigenvalue weighted by molar-refractivity contribution is 6.26. The van der Waals surface area contributed by atoms with E-state index in [0.29, 0.717) is 22.5 Å². The lowest BCUT2D eigenvalue weighted by Crippen LogP contribution is -2.43. The first-order valence-corrected chi connectivity index (χ1v) is 11.9. The third kappa shape index (κ3) is 4.58. The normalized spacial score (nSPS) is 12.9. The molecule has 2 aromatic rings. The molecule has 4 nitrogen and oxygen atoms in total. The number of ketones is 2. The lowest BCUT2D eigenvalue weighted by atomic mass is 9.90. The zero-order valence-electron chi connectivity index (χ0n) is 19.0. The third-order valence-electron chi connectivity index (χ3n) is 6.36. The van der Waals surface area contributed by atoms with Crippen LogP contribution in [0.25, 0.3) is 0 Å². The topological polar surface area (TPSA) is 43.0 Å². The lowest BCUT2D eigenvalue weighted by molar-refractivity contribution is -0.704. The Balaban J connectivity index is 1.80. The number of imidazole rings is 1. The fourth-order valence-corrected chi connectivity index (χ4v) is 4.59. The van der Waals surface area contributed by atoms with E-state index in [1.807, 2.05) is 12.1 Å². The summed E-state index contributed by atoms with van der Waals surface area (Å²) in [5, 5.41) is 0. The van der Waals surface area contributed by atoms with Crippen molar-refractivity contribution in [2.75, 3.05) is 0 Å². The molecule has 0 aliphatic heterocycles. The fraction of sp³-hybridized carbons (Fsp3) is 0.577. The molecule has 1 heterocycles. The Morgan fingerprint density at radius 2 is 1.33 bits per heavy atom. The van der Waals surface area contributed by atoms with Gasteiger partial charge in [0.05, 0.1) is 13.1 Å². The van der Waals surface area contributed by atoms with Crippen molar-refractivity contribution in [2.24, 2.45) is 0 Å². The predicted molar refractivity (Wildman–Crippen MR) is 120 cm³/mol. The molecule has 1 aliphatic carbocycles. The van der Waals surface area contributed by atoms with E-state index >= 15 is 0 Å². The molecule has 1 aromatic carbocycles. The summed E-state index contributed by atoms with van der Waals surface area (Å²) in [6.45, 7) is 8.06. The second-order valence-corrected chi connectivity index (χ2v) is 8.58. The van der Waals surface area contributed by atoms with Gasteiger partial charge in [-0.25, -0.2) is 9.13 Å². The number of nitrogens with zero attached hydrogens (tertiary/aromatic N) is 2. The van der Waals surface area contributed by atoms with Crippen LogP contribution in [0.2, 0.25) is 0 Å². The summed E-state index contributed by atoms with van der Waals surface area (Å²) in [5.74, 6) is 1.03. The minimum Gasteiger partial charge on any atom is -0.284 e. The van der Waals surface area contributed by atoms with Gasteiger partial charge in [-0.05, 0) is 19.3 Å². The minimum absolute atomic E-state index is 0.00175. The van der Waals surface area contributed by atoms with Crippen molar-refractivity contribution in [2.45, 2.75) is 98.1 Å². The smallest absolute Gasteiger partial charge is 0.254 e. The van der Waals surface area contributed by atoms with E-state index in [9.17, 15) is 9.59 Å². The average Bonchev–Trinajstić information content (AvgIpc) is 3.04. The van der Waals surface area contributed by atoms with Crippen LogP contribution < -0.4 is 4.57 Å². The van der Waals surface area contributed by atoms with Crippen LogP contribution in [0.15, 0.2) is 24.3 Å². The van der Waals surface area contributed by atoms with E-state index in [1.54, 1.807) is 12.1 Å². The minimum atomic E-state index is -0.00548. The Hall–Kier alpha value is -2.23. The molecule has 1 aliphatic rings. The van der Waals surface area contributed by atoms with Crippen molar-refractivity contribution in [3.8, 4) is 0 Å². The summed E-state index contributed by atoms with van der Waals surface area (Å²) < 4.78 is 4.22. The summed E-state index contributed by atoms with van der Waals surface area (Å²) in [4.78, 5) is 26.7. The molecule has 0 N–H and O–H groups in total. The number of rotatable bonds is 12. The van der Waals surface area contributed by atoms with Gasteiger partial charge in [-0.2, -0.15) is 0 Å². The van der Waals surface area contributed by atoms with Crippen molar-refractivity contribution in [3.63, 3.8) is 0 Å². The predicted octanol–water partition coefficient (Wildman–Crippen LogP) is 5.80. The highest BCUT2D eigenvalue weighted by Gasteiger charge is 2.42. The van der Waals surface area contributed by atoms with Gasteiger partial charge in [-0.15, -0.1) is 0 Å². The number of hydrogen-bond acceptors (Lipinski definition) is 2. The SMILES string of the molecule is CCCCCCCCCC[n+]1c2c(n(CCCC)c1C)C(=O)c1ccccc1C2=O. The third-order valence-corrected chi connectivity index (χ3v) is 6.36. The molecule has 0 saturated carbocycles. The van der Waals surface area contributed by atoms with E-state index in [4.69, 9.17) is 0 Å². The molecule has 4 heteroatoms. The van der Waals surface area contributed by atoms with Crippen molar-refractivity contribution < 1.29 is 14.2 Å². The van der Waals surface area contributed by atoms with Crippen molar-refractivity contribution in [1.82, 2.24) is 4.57 Å². The number of benzene rings is 1. The second kappa shape index (κ2) is 10.7. The van der Waals surface area contributed by atoms with Gasteiger partial charge in [0.1, 0.15) is 0 Å². The Morgan fingerprint density at radius 1 is 0.767 bits per heavy atom. The summed E-state index contributed by atoms with van der Waals surface area (Å²) in [5.41, 5.74) is 2.30. The summed E-state index contributed by atoms with van der Waals surface area (Å²) in [7, 11) is 0. The molecule has 30 heavy (non-hydrogen) atoms. The maximum atomic E-state index is 13.4. The van der Waals surface area contributed by atoms with Gasteiger partial charge >= 0.3 is 0 Å². The molecule has 0 atom stereocenters. The van der Waals surface area contributed by atoms with Gasteiger partial charge < -0.3 is 0 Å². The largest absolute Gasteiger partial charge is 0.284 e.